The molecule has 0 heterocycles. The van der Waals surface area contributed by atoms with Crippen LogP contribution in [0.15, 0.2) is 0 Å². The van der Waals surface area contributed by atoms with Gasteiger partial charge in [-0.25, -0.2) is 0 Å². The van der Waals surface area contributed by atoms with Gasteiger partial charge < -0.3 is 16.4 Å². The van der Waals surface area contributed by atoms with Crippen molar-refractivity contribution in [3.05, 3.63) is 0 Å². The van der Waals surface area contributed by atoms with Gasteiger partial charge in [0.2, 0.25) is 0 Å². The summed E-state index contributed by atoms with van der Waals surface area (Å²) in [6, 6.07) is 0. The van der Waals surface area contributed by atoms with E-state index in [1.165, 1.54) is 0 Å². The van der Waals surface area contributed by atoms with Gasteiger partial charge in [-0.3, -0.25) is 9.59 Å². The second kappa shape index (κ2) is 6.48. The zero-order valence-corrected chi connectivity index (χ0v) is 10.6. The molecule has 2 amide bonds. The van der Waals surface area contributed by atoms with Crippen molar-refractivity contribution in [2.75, 3.05) is 19.6 Å². The van der Waals surface area contributed by atoms with Crippen LogP contribution in [0, 0.1) is 11.3 Å². The molecule has 94 valence electrons. The second-order valence-electron chi connectivity index (χ2n) is 4.87. The summed E-state index contributed by atoms with van der Waals surface area (Å²) in [5, 5.41) is 5.04. The Morgan fingerprint density at radius 1 is 1.19 bits per heavy atom. The Bertz CT molecular complexity index is 250. The highest BCUT2D eigenvalue weighted by molar-refractivity contribution is 6.35. The van der Waals surface area contributed by atoms with Crippen LogP contribution in [0.4, 0.5) is 0 Å². The molecule has 0 aromatic heterocycles. The van der Waals surface area contributed by atoms with Crippen LogP contribution in [0.1, 0.15) is 27.7 Å². The molecule has 0 aliphatic heterocycles. The Morgan fingerprint density at radius 3 is 2.12 bits per heavy atom. The van der Waals surface area contributed by atoms with Crippen molar-refractivity contribution in [3.8, 4) is 0 Å². The molecule has 0 saturated carbocycles. The van der Waals surface area contributed by atoms with Gasteiger partial charge in [0.05, 0.1) is 0 Å². The first-order valence-electron chi connectivity index (χ1n) is 5.57. The second-order valence-corrected chi connectivity index (χ2v) is 4.87. The van der Waals surface area contributed by atoms with Gasteiger partial charge in [-0.2, -0.15) is 0 Å². The number of nitrogens with one attached hydrogen (secondary N) is 2. The van der Waals surface area contributed by atoms with E-state index < -0.39 is 11.8 Å². The van der Waals surface area contributed by atoms with Crippen LogP contribution in [0.2, 0.25) is 0 Å². The van der Waals surface area contributed by atoms with E-state index >= 15 is 0 Å². The minimum absolute atomic E-state index is 0.0240. The van der Waals surface area contributed by atoms with Crippen molar-refractivity contribution in [2.45, 2.75) is 27.7 Å². The predicted octanol–water partition coefficient (Wildman–Crippen LogP) is -0.140. The normalized spacial score (nSPS) is 11.4. The van der Waals surface area contributed by atoms with Crippen LogP contribution in [0.25, 0.3) is 0 Å². The van der Waals surface area contributed by atoms with E-state index in [9.17, 15) is 9.59 Å². The highest BCUT2D eigenvalue weighted by atomic mass is 16.2. The van der Waals surface area contributed by atoms with Crippen LogP contribution in [0.3, 0.4) is 0 Å². The highest BCUT2D eigenvalue weighted by Crippen LogP contribution is 2.24. The van der Waals surface area contributed by atoms with Gasteiger partial charge in [0, 0.05) is 19.6 Å². The van der Waals surface area contributed by atoms with Crippen molar-refractivity contribution >= 4 is 11.8 Å². The smallest absolute Gasteiger partial charge is 0.309 e. The summed E-state index contributed by atoms with van der Waals surface area (Å²) < 4.78 is 0. The molecular formula is C11H23N3O2. The third-order valence-electron chi connectivity index (χ3n) is 2.90. The number of hydrogen-bond acceptors (Lipinski definition) is 3. The summed E-state index contributed by atoms with van der Waals surface area (Å²) in [4.78, 5) is 22.6. The van der Waals surface area contributed by atoms with Gasteiger partial charge in [-0.1, -0.05) is 27.7 Å². The lowest BCUT2D eigenvalue weighted by atomic mass is 9.81. The fourth-order valence-electron chi connectivity index (χ4n) is 0.858. The third-order valence-corrected chi connectivity index (χ3v) is 2.90. The fourth-order valence-corrected chi connectivity index (χ4v) is 0.858. The molecule has 0 spiro atoms. The molecule has 0 unspecified atom stereocenters. The molecule has 0 aromatic rings. The van der Waals surface area contributed by atoms with E-state index in [4.69, 9.17) is 5.73 Å². The average molecular weight is 229 g/mol. The summed E-state index contributed by atoms with van der Waals surface area (Å²) in [6.07, 6.45) is 0. The van der Waals surface area contributed by atoms with Crippen molar-refractivity contribution in [1.82, 2.24) is 10.6 Å². The van der Waals surface area contributed by atoms with Crippen molar-refractivity contribution in [3.63, 3.8) is 0 Å². The first-order valence-corrected chi connectivity index (χ1v) is 5.57. The Labute approximate surface area is 97.2 Å². The van der Waals surface area contributed by atoms with Crippen molar-refractivity contribution in [2.24, 2.45) is 17.1 Å². The number of hydrogen-bond donors (Lipinski definition) is 3. The quantitative estimate of drug-likeness (QED) is 0.574. The highest BCUT2D eigenvalue weighted by Gasteiger charge is 2.24. The molecule has 16 heavy (non-hydrogen) atoms. The molecule has 0 aliphatic rings. The summed E-state index contributed by atoms with van der Waals surface area (Å²) in [7, 11) is 0. The fraction of sp³-hybridized carbons (Fsp3) is 0.818. The number of amides is 2. The van der Waals surface area contributed by atoms with E-state index in [0.717, 1.165) is 0 Å². The molecule has 4 N–H and O–H groups in total. The van der Waals surface area contributed by atoms with Gasteiger partial charge >= 0.3 is 11.8 Å². The topological polar surface area (TPSA) is 84.2 Å². The molecule has 0 radical (unpaired) electrons. The first kappa shape index (κ1) is 14.9. The molecule has 0 aromatic carbocycles. The Balaban J connectivity index is 4.02. The van der Waals surface area contributed by atoms with E-state index in [0.29, 0.717) is 25.6 Å². The molecule has 0 rings (SSSR count). The van der Waals surface area contributed by atoms with Crippen LogP contribution < -0.4 is 16.4 Å². The van der Waals surface area contributed by atoms with Crippen LogP contribution in [0.5, 0.6) is 0 Å². The van der Waals surface area contributed by atoms with E-state index in [1.54, 1.807) is 0 Å². The Hall–Kier alpha value is -1.10. The number of rotatable bonds is 5. The van der Waals surface area contributed by atoms with Crippen LogP contribution in [-0.2, 0) is 9.59 Å². The maximum Gasteiger partial charge on any atom is 0.309 e. The maximum absolute atomic E-state index is 11.4. The lowest BCUT2D eigenvalue weighted by Crippen LogP contribution is -2.45. The number of carbonyl (C=O) groups is 2. The van der Waals surface area contributed by atoms with E-state index in [1.807, 2.05) is 0 Å². The molecule has 0 saturated heterocycles. The Morgan fingerprint density at radius 2 is 1.69 bits per heavy atom. The summed E-state index contributed by atoms with van der Waals surface area (Å²) in [6.45, 7) is 9.41. The Kier molecular flexibility index (Phi) is 6.03. The lowest BCUT2D eigenvalue weighted by molar-refractivity contribution is -0.139. The minimum atomic E-state index is -0.620. The number of carbonyl (C=O) groups excluding carboxylic acids is 2. The first-order chi connectivity index (χ1) is 7.31. The zero-order chi connectivity index (χ0) is 12.8. The largest absolute Gasteiger partial charge is 0.347 e. The molecule has 5 nitrogen and oxygen atoms in total. The molecule has 0 bridgehead atoms. The lowest BCUT2D eigenvalue weighted by Gasteiger charge is -2.29. The SMILES string of the molecule is CC(C)C(C)(C)CNC(=O)C(=O)NCCN. The predicted molar refractivity (Wildman–Crippen MR) is 63.7 cm³/mol. The van der Waals surface area contributed by atoms with Gasteiger partial charge in [0.25, 0.3) is 0 Å². The van der Waals surface area contributed by atoms with Crippen molar-refractivity contribution in [1.29, 1.82) is 0 Å². The van der Waals surface area contributed by atoms with Crippen molar-refractivity contribution < 1.29 is 9.59 Å². The molecule has 0 fully saturated rings. The van der Waals surface area contributed by atoms with Gasteiger partial charge in [-0.05, 0) is 11.3 Å². The number of nitrogens with two attached hydrogens (primary N) is 1. The molecular weight excluding hydrogens is 206 g/mol. The summed E-state index contributed by atoms with van der Waals surface area (Å²) >= 11 is 0. The molecule has 0 aliphatic carbocycles. The van der Waals surface area contributed by atoms with E-state index in [-0.39, 0.29) is 5.41 Å². The van der Waals surface area contributed by atoms with Crippen LogP contribution in [-0.4, -0.2) is 31.4 Å². The standard InChI is InChI=1S/C11H23N3O2/c1-8(2)11(3,4)7-14-10(16)9(15)13-6-5-12/h8H,5-7,12H2,1-4H3,(H,13,15)(H,14,16). The minimum Gasteiger partial charge on any atom is -0.347 e. The van der Waals surface area contributed by atoms with E-state index in [2.05, 4.69) is 38.3 Å². The third kappa shape index (κ3) is 5.11. The van der Waals surface area contributed by atoms with Gasteiger partial charge in [0.1, 0.15) is 0 Å². The average Bonchev–Trinajstić information content (AvgIpc) is 2.22. The van der Waals surface area contributed by atoms with Crippen LogP contribution >= 0.6 is 0 Å². The van der Waals surface area contributed by atoms with Gasteiger partial charge in [-0.15, -0.1) is 0 Å². The monoisotopic (exact) mass is 229 g/mol. The molecule has 5 heteroatoms. The summed E-state index contributed by atoms with van der Waals surface area (Å²) in [5.74, 6) is -0.785. The zero-order valence-electron chi connectivity index (χ0n) is 10.6. The molecule has 0 atom stereocenters. The van der Waals surface area contributed by atoms with Gasteiger partial charge in [0.15, 0.2) is 0 Å². The maximum atomic E-state index is 11.4. The summed E-state index contributed by atoms with van der Waals surface area (Å²) in [5.41, 5.74) is 5.19.